The average Bonchev–Trinajstić information content (AvgIpc) is 3.32. The SMILES string of the molecule is CC(C)c1ccc(CCC(=O)Nc2ccnn2C(C)C2CC2)cc1. The first-order valence-electron chi connectivity index (χ1n) is 8.97. The van der Waals surface area contributed by atoms with Crippen molar-refractivity contribution in [3.05, 3.63) is 47.7 Å². The second-order valence-corrected chi connectivity index (χ2v) is 7.18. The zero-order chi connectivity index (χ0) is 17.1. The normalized spacial score (nSPS) is 15.5. The highest BCUT2D eigenvalue weighted by molar-refractivity contribution is 5.89. The monoisotopic (exact) mass is 325 g/mol. The zero-order valence-electron chi connectivity index (χ0n) is 14.8. The van der Waals surface area contributed by atoms with E-state index >= 15 is 0 Å². The van der Waals surface area contributed by atoms with Crippen LogP contribution < -0.4 is 5.32 Å². The number of aromatic nitrogens is 2. The largest absolute Gasteiger partial charge is 0.311 e. The fourth-order valence-electron chi connectivity index (χ4n) is 3.05. The Kier molecular flexibility index (Phi) is 5.03. The number of hydrogen-bond acceptors (Lipinski definition) is 2. The summed E-state index contributed by atoms with van der Waals surface area (Å²) in [4.78, 5) is 12.3. The van der Waals surface area contributed by atoms with Gasteiger partial charge in [0.05, 0.1) is 12.2 Å². The number of carbonyl (C=O) groups is 1. The molecule has 1 unspecified atom stereocenters. The average molecular weight is 325 g/mol. The van der Waals surface area contributed by atoms with E-state index in [9.17, 15) is 4.79 Å². The summed E-state index contributed by atoms with van der Waals surface area (Å²) in [5.41, 5.74) is 2.54. The molecule has 1 heterocycles. The molecule has 1 aromatic carbocycles. The molecule has 128 valence electrons. The quantitative estimate of drug-likeness (QED) is 0.812. The van der Waals surface area contributed by atoms with Gasteiger partial charge in [-0.3, -0.25) is 4.79 Å². The summed E-state index contributed by atoms with van der Waals surface area (Å²) >= 11 is 0. The molecule has 1 aromatic heterocycles. The van der Waals surface area contributed by atoms with Gasteiger partial charge >= 0.3 is 0 Å². The van der Waals surface area contributed by atoms with Crippen LogP contribution in [-0.4, -0.2) is 15.7 Å². The van der Waals surface area contributed by atoms with Crippen LogP contribution in [0.1, 0.15) is 63.1 Å². The van der Waals surface area contributed by atoms with Crippen LogP contribution in [0.4, 0.5) is 5.82 Å². The molecular weight excluding hydrogens is 298 g/mol. The molecule has 1 saturated carbocycles. The van der Waals surface area contributed by atoms with Crippen LogP contribution in [0, 0.1) is 5.92 Å². The Balaban J connectivity index is 1.53. The highest BCUT2D eigenvalue weighted by atomic mass is 16.1. The van der Waals surface area contributed by atoms with Gasteiger partial charge in [-0.1, -0.05) is 38.1 Å². The molecule has 1 aliphatic carbocycles. The van der Waals surface area contributed by atoms with E-state index in [4.69, 9.17) is 0 Å². The van der Waals surface area contributed by atoms with Gasteiger partial charge < -0.3 is 5.32 Å². The Morgan fingerprint density at radius 1 is 1.21 bits per heavy atom. The number of carbonyl (C=O) groups excluding carboxylic acids is 1. The van der Waals surface area contributed by atoms with Crippen LogP contribution in [-0.2, 0) is 11.2 Å². The van der Waals surface area contributed by atoms with Gasteiger partial charge in [-0.15, -0.1) is 0 Å². The van der Waals surface area contributed by atoms with Crippen molar-refractivity contribution in [2.24, 2.45) is 5.92 Å². The smallest absolute Gasteiger partial charge is 0.225 e. The predicted octanol–water partition coefficient (Wildman–Crippen LogP) is 4.55. The van der Waals surface area contributed by atoms with E-state index in [0.717, 1.165) is 12.2 Å². The summed E-state index contributed by atoms with van der Waals surface area (Å²) in [5, 5.41) is 7.39. The molecule has 1 N–H and O–H groups in total. The van der Waals surface area contributed by atoms with Gasteiger partial charge in [-0.25, -0.2) is 4.68 Å². The van der Waals surface area contributed by atoms with E-state index in [2.05, 4.69) is 55.5 Å². The lowest BCUT2D eigenvalue weighted by Gasteiger charge is -2.15. The van der Waals surface area contributed by atoms with Crippen molar-refractivity contribution in [2.45, 2.75) is 58.4 Å². The van der Waals surface area contributed by atoms with Crippen molar-refractivity contribution in [3.63, 3.8) is 0 Å². The Morgan fingerprint density at radius 2 is 1.92 bits per heavy atom. The lowest BCUT2D eigenvalue weighted by molar-refractivity contribution is -0.116. The Hall–Kier alpha value is -2.10. The number of rotatable bonds is 7. The molecular formula is C20H27N3O. The minimum absolute atomic E-state index is 0.0488. The highest BCUT2D eigenvalue weighted by Gasteiger charge is 2.30. The molecule has 1 amide bonds. The Labute approximate surface area is 144 Å². The van der Waals surface area contributed by atoms with Crippen LogP contribution >= 0.6 is 0 Å². The predicted molar refractivity (Wildman–Crippen MR) is 97.1 cm³/mol. The van der Waals surface area contributed by atoms with Crippen molar-refractivity contribution in [2.75, 3.05) is 5.32 Å². The fourth-order valence-corrected chi connectivity index (χ4v) is 3.05. The Morgan fingerprint density at radius 3 is 2.54 bits per heavy atom. The van der Waals surface area contributed by atoms with E-state index < -0.39 is 0 Å². The molecule has 0 radical (unpaired) electrons. The third-order valence-corrected chi connectivity index (χ3v) is 4.91. The minimum atomic E-state index is 0.0488. The topological polar surface area (TPSA) is 46.9 Å². The lowest BCUT2D eigenvalue weighted by Crippen LogP contribution is -2.18. The van der Waals surface area contributed by atoms with Crippen LogP contribution in [0.2, 0.25) is 0 Å². The van der Waals surface area contributed by atoms with Crippen LogP contribution in [0.3, 0.4) is 0 Å². The first kappa shape index (κ1) is 16.7. The summed E-state index contributed by atoms with van der Waals surface area (Å²) in [6, 6.07) is 10.8. The molecule has 0 saturated heterocycles. The van der Waals surface area contributed by atoms with Crippen molar-refractivity contribution in [1.29, 1.82) is 0 Å². The highest BCUT2D eigenvalue weighted by Crippen LogP contribution is 2.40. The van der Waals surface area contributed by atoms with Crippen molar-refractivity contribution >= 4 is 11.7 Å². The van der Waals surface area contributed by atoms with E-state index in [-0.39, 0.29) is 5.91 Å². The third kappa shape index (κ3) is 4.05. The van der Waals surface area contributed by atoms with E-state index in [0.29, 0.717) is 24.3 Å². The number of anilines is 1. The fraction of sp³-hybridized carbons (Fsp3) is 0.500. The first-order chi connectivity index (χ1) is 11.5. The number of hydrogen-bond donors (Lipinski definition) is 1. The lowest BCUT2D eigenvalue weighted by atomic mass is 10.0. The van der Waals surface area contributed by atoms with Crippen LogP contribution in [0.25, 0.3) is 0 Å². The molecule has 1 atom stereocenters. The van der Waals surface area contributed by atoms with Crippen molar-refractivity contribution < 1.29 is 4.79 Å². The minimum Gasteiger partial charge on any atom is -0.311 e. The molecule has 0 bridgehead atoms. The second kappa shape index (κ2) is 7.20. The maximum Gasteiger partial charge on any atom is 0.225 e. The molecule has 3 rings (SSSR count). The molecule has 24 heavy (non-hydrogen) atoms. The molecule has 1 fully saturated rings. The zero-order valence-corrected chi connectivity index (χ0v) is 14.8. The van der Waals surface area contributed by atoms with Gasteiger partial charge in [0.25, 0.3) is 0 Å². The second-order valence-electron chi connectivity index (χ2n) is 7.18. The number of nitrogens with zero attached hydrogens (tertiary/aromatic N) is 2. The van der Waals surface area contributed by atoms with Gasteiger partial charge in [-0.2, -0.15) is 5.10 Å². The summed E-state index contributed by atoms with van der Waals surface area (Å²) in [5.74, 6) is 2.11. The van der Waals surface area contributed by atoms with Gasteiger partial charge in [0.15, 0.2) is 0 Å². The van der Waals surface area contributed by atoms with Crippen LogP contribution in [0.5, 0.6) is 0 Å². The van der Waals surface area contributed by atoms with Gasteiger partial charge in [-0.05, 0) is 49.1 Å². The molecule has 2 aromatic rings. The number of amides is 1. The summed E-state index contributed by atoms with van der Waals surface area (Å²) < 4.78 is 1.95. The first-order valence-corrected chi connectivity index (χ1v) is 8.97. The van der Waals surface area contributed by atoms with Gasteiger partial charge in [0.1, 0.15) is 5.82 Å². The Bertz CT molecular complexity index is 683. The van der Waals surface area contributed by atoms with Crippen LogP contribution in [0.15, 0.2) is 36.5 Å². The molecule has 1 aliphatic rings. The standard InChI is InChI=1S/C20H27N3O/c1-14(2)17-7-4-16(5-8-17)6-11-20(24)22-19-12-13-21-23(19)15(3)18-9-10-18/h4-5,7-8,12-15,18H,6,9-11H2,1-3H3,(H,22,24). The summed E-state index contributed by atoms with van der Waals surface area (Å²) in [6.45, 7) is 6.55. The number of nitrogens with one attached hydrogen (secondary N) is 1. The third-order valence-electron chi connectivity index (χ3n) is 4.91. The molecule has 4 heteroatoms. The summed E-state index contributed by atoms with van der Waals surface area (Å²) in [6.07, 6.45) is 5.54. The molecule has 0 spiro atoms. The molecule has 0 aliphatic heterocycles. The summed E-state index contributed by atoms with van der Waals surface area (Å²) in [7, 11) is 0. The number of benzene rings is 1. The van der Waals surface area contributed by atoms with Crippen molar-refractivity contribution in [1.82, 2.24) is 9.78 Å². The van der Waals surface area contributed by atoms with E-state index in [1.165, 1.54) is 24.0 Å². The van der Waals surface area contributed by atoms with E-state index in [1.807, 2.05) is 10.7 Å². The number of aryl methyl sites for hydroxylation is 1. The van der Waals surface area contributed by atoms with Crippen molar-refractivity contribution in [3.8, 4) is 0 Å². The van der Waals surface area contributed by atoms with E-state index in [1.54, 1.807) is 6.20 Å². The van der Waals surface area contributed by atoms with Gasteiger partial charge in [0, 0.05) is 12.5 Å². The maximum atomic E-state index is 12.3. The maximum absolute atomic E-state index is 12.3. The van der Waals surface area contributed by atoms with Gasteiger partial charge in [0.2, 0.25) is 5.91 Å². The molecule has 4 nitrogen and oxygen atoms in total.